The third kappa shape index (κ3) is 1.90. The molecule has 98 valence electrons. The molecule has 2 unspecified atom stereocenters. The summed E-state index contributed by atoms with van der Waals surface area (Å²) in [6.45, 7) is 0.857. The largest absolute Gasteiger partial charge is 0.355 e. The van der Waals surface area contributed by atoms with Crippen LogP contribution in [0.3, 0.4) is 0 Å². The highest BCUT2D eigenvalue weighted by Gasteiger charge is 2.41. The van der Waals surface area contributed by atoms with Gasteiger partial charge in [0.25, 0.3) is 5.91 Å². The Morgan fingerprint density at radius 2 is 2.47 bits per heavy atom. The highest BCUT2D eigenvalue weighted by Crippen LogP contribution is 2.38. The van der Waals surface area contributed by atoms with Gasteiger partial charge in [0.2, 0.25) is 0 Å². The Balaban J connectivity index is 1.58. The summed E-state index contributed by atoms with van der Waals surface area (Å²) < 4.78 is 5.28. The number of thiophene rings is 1. The summed E-state index contributed by atoms with van der Waals surface area (Å²) in [5, 5.41) is 6.54. The molecule has 0 saturated carbocycles. The lowest BCUT2D eigenvalue weighted by Gasteiger charge is -2.25. The molecule has 4 nitrogen and oxygen atoms in total. The molecule has 2 aromatic heterocycles. The van der Waals surface area contributed by atoms with Gasteiger partial charge in [0.15, 0.2) is 11.5 Å². The van der Waals surface area contributed by atoms with E-state index in [0.29, 0.717) is 22.7 Å². The molecule has 1 amide bonds. The fraction of sp³-hybridized carbons (Fsp3) is 0.385. The quantitative estimate of drug-likeness (QED) is 0.854. The molecule has 2 saturated heterocycles. The topological polar surface area (TPSA) is 46.3 Å². The average molecular weight is 292 g/mol. The zero-order valence-corrected chi connectivity index (χ0v) is 11.7. The molecule has 4 heterocycles. The summed E-state index contributed by atoms with van der Waals surface area (Å²) in [7, 11) is 0. The van der Waals surface area contributed by atoms with Crippen LogP contribution >= 0.6 is 23.1 Å². The number of thioether (sulfide) groups is 1. The zero-order valence-electron chi connectivity index (χ0n) is 10.1. The van der Waals surface area contributed by atoms with E-state index < -0.39 is 0 Å². The second-order valence-corrected chi connectivity index (χ2v) is 7.14. The maximum Gasteiger partial charge on any atom is 0.276 e. The number of hydrogen-bond donors (Lipinski definition) is 0. The molecular formula is C13H12N2O2S2. The van der Waals surface area contributed by atoms with Gasteiger partial charge in [0, 0.05) is 29.7 Å². The first-order valence-electron chi connectivity index (χ1n) is 6.24. The van der Waals surface area contributed by atoms with Crippen molar-refractivity contribution in [3.05, 3.63) is 29.3 Å². The Morgan fingerprint density at radius 1 is 1.53 bits per heavy atom. The first kappa shape index (κ1) is 11.5. The number of carbonyl (C=O) groups excluding carboxylic acids is 1. The van der Waals surface area contributed by atoms with Crippen molar-refractivity contribution >= 4 is 29.0 Å². The highest BCUT2D eigenvalue weighted by molar-refractivity contribution is 8.00. The number of amides is 1. The third-order valence-electron chi connectivity index (χ3n) is 3.65. The first-order chi connectivity index (χ1) is 9.31. The number of fused-ring (bicyclic) bond motifs is 2. The Bertz CT molecular complexity index is 608. The van der Waals surface area contributed by atoms with Gasteiger partial charge in [0.05, 0.1) is 4.88 Å². The molecular weight excluding hydrogens is 280 g/mol. The van der Waals surface area contributed by atoms with Crippen LogP contribution in [0.4, 0.5) is 0 Å². The van der Waals surface area contributed by atoms with Crippen LogP contribution in [-0.2, 0) is 0 Å². The molecule has 2 aromatic rings. The van der Waals surface area contributed by atoms with Gasteiger partial charge in [-0.1, -0.05) is 11.2 Å². The second kappa shape index (κ2) is 4.38. The van der Waals surface area contributed by atoms with E-state index in [1.165, 1.54) is 0 Å². The molecule has 0 radical (unpaired) electrons. The molecule has 6 heteroatoms. The predicted molar refractivity (Wildman–Crippen MR) is 75.5 cm³/mol. The van der Waals surface area contributed by atoms with Crippen molar-refractivity contribution in [1.82, 2.24) is 10.1 Å². The van der Waals surface area contributed by atoms with Crippen molar-refractivity contribution in [3.63, 3.8) is 0 Å². The first-order valence-corrected chi connectivity index (χ1v) is 8.17. The van der Waals surface area contributed by atoms with Gasteiger partial charge in [-0.15, -0.1) is 11.3 Å². The van der Waals surface area contributed by atoms with Gasteiger partial charge in [-0.25, -0.2) is 0 Å². The Labute approximate surface area is 118 Å². The molecule has 2 fully saturated rings. The van der Waals surface area contributed by atoms with Crippen LogP contribution in [0.1, 0.15) is 16.9 Å². The van der Waals surface area contributed by atoms with Crippen molar-refractivity contribution in [1.29, 1.82) is 0 Å². The summed E-state index contributed by atoms with van der Waals surface area (Å²) >= 11 is 3.56. The van der Waals surface area contributed by atoms with Crippen LogP contribution < -0.4 is 0 Å². The Hall–Kier alpha value is -1.27. The van der Waals surface area contributed by atoms with Crippen LogP contribution in [0.5, 0.6) is 0 Å². The lowest BCUT2D eigenvalue weighted by atomic mass is 10.2. The van der Waals surface area contributed by atoms with E-state index in [-0.39, 0.29) is 5.91 Å². The summed E-state index contributed by atoms with van der Waals surface area (Å²) in [6, 6.07) is 6.08. The molecule has 0 N–H and O–H groups in total. The van der Waals surface area contributed by atoms with Gasteiger partial charge in [-0.2, -0.15) is 11.8 Å². The summed E-state index contributed by atoms with van der Waals surface area (Å²) in [4.78, 5) is 15.4. The summed E-state index contributed by atoms with van der Waals surface area (Å²) in [6.07, 6.45) is 1.13. The Kier molecular flexibility index (Phi) is 2.66. The van der Waals surface area contributed by atoms with Crippen molar-refractivity contribution in [2.45, 2.75) is 17.7 Å². The van der Waals surface area contributed by atoms with Crippen molar-refractivity contribution < 1.29 is 9.32 Å². The van der Waals surface area contributed by atoms with Crippen LogP contribution in [0.15, 0.2) is 28.1 Å². The fourth-order valence-corrected chi connectivity index (χ4v) is 4.81. The van der Waals surface area contributed by atoms with E-state index in [1.807, 2.05) is 34.2 Å². The molecule has 2 bridgehead atoms. The minimum absolute atomic E-state index is 0.0133. The molecule has 2 aliphatic heterocycles. The minimum atomic E-state index is 0.0133. The standard InChI is InChI=1S/C13H12N2O2S2/c16-13(15-6-9-4-8(15)7-19-9)10-5-11(17-14-10)12-2-1-3-18-12/h1-3,5,8-9H,4,6-7H2. The number of hydrogen-bond acceptors (Lipinski definition) is 5. The summed E-state index contributed by atoms with van der Waals surface area (Å²) in [5.41, 5.74) is 0.431. The highest BCUT2D eigenvalue weighted by atomic mass is 32.2. The van der Waals surface area contributed by atoms with Gasteiger partial charge in [0.1, 0.15) is 0 Å². The lowest BCUT2D eigenvalue weighted by Crippen LogP contribution is -2.39. The number of carbonyl (C=O) groups is 1. The Morgan fingerprint density at radius 3 is 3.16 bits per heavy atom. The van der Waals surface area contributed by atoms with E-state index in [9.17, 15) is 4.79 Å². The number of aromatic nitrogens is 1. The molecule has 0 aliphatic carbocycles. The fourth-order valence-electron chi connectivity index (χ4n) is 2.71. The molecule has 0 spiro atoms. The molecule has 0 aromatic carbocycles. The van der Waals surface area contributed by atoms with E-state index in [0.717, 1.165) is 23.6 Å². The summed E-state index contributed by atoms with van der Waals surface area (Å²) in [5.74, 6) is 1.75. The van der Waals surface area contributed by atoms with Gasteiger partial charge < -0.3 is 9.42 Å². The average Bonchev–Trinajstić information content (AvgIpc) is 3.18. The molecule has 4 rings (SSSR count). The molecule has 2 atom stereocenters. The zero-order chi connectivity index (χ0) is 12.8. The SMILES string of the molecule is O=C(c1cc(-c2cccs2)on1)N1CC2CC1CS2. The number of likely N-dealkylation sites (tertiary alicyclic amines) is 1. The second-order valence-electron chi connectivity index (χ2n) is 4.86. The van der Waals surface area contributed by atoms with Crippen molar-refractivity contribution in [3.8, 4) is 10.6 Å². The molecule has 2 aliphatic rings. The number of nitrogens with zero attached hydrogens (tertiary/aromatic N) is 2. The van der Waals surface area contributed by atoms with E-state index in [1.54, 1.807) is 17.4 Å². The predicted octanol–water partition coefficient (Wildman–Crippen LogP) is 2.73. The van der Waals surface area contributed by atoms with E-state index in [2.05, 4.69) is 5.16 Å². The van der Waals surface area contributed by atoms with E-state index >= 15 is 0 Å². The smallest absolute Gasteiger partial charge is 0.276 e. The van der Waals surface area contributed by atoms with Crippen molar-refractivity contribution in [2.75, 3.05) is 12.3 Å². The lowest BCUT2D eigenvalue weighted by molar-refractivity contribution is 0.0737. The van der Waals surface area contributed by atoms with Gasteiger partial charge in [-0.3, -0.25) is 4.79 Å². The van der Waals surface area contributed by atoms with Crippen molar-refractivity contribution in [2.24, 2.45) is 0 Å². The van der Waals surface area contributed by atoms with Gasteiger partial charge in [-0.05, 0) is 17.9 Å². The monoisotopic (exact) mass is 292 g/mol. The number of rotatable bonds is 2. The third-order valence-corrected chi connectivity index (χ3v) is 5.93. The van der Waals surface area contributed by atoms with Crippen LogP contribution in [-0.4, -0.2) is 39.6 Å². The maximum atomic E-state index is 12.4. The molecule has 19 heavy (non-hydrogen) atoms. The van der Waals surface area contributed by atoms with E-state index in [4.69, 9.17) is 4.52 Å². The van der Waals surface area contributed by atoms with Crippen LogP contribution in [0.25, 0.3) is 10.6 Å². The van der Waals surface area contributed by atoms with Crippen LogP contribution in [0.2, 0.25) is 0 Å². The van der Waals surface area contributed by atoms with Crippen LogP contribution in [0, 0.1) is 0 Å². The maximum absolute atomic E-state index is 12.4. The minimum Gasteiger partial charge on any atom is -0.355 e. The normalized spacial score (nSPS) is 25.2. The van der Waals surface area contributed by atoms with Gasteiger partial charge >= 0.3 is 0 Å².